The number of ether oxygens (including phenoxy) is 1. The van der Waals surface area contributed by atoms with E-state index in [1.807, 2.05) is 35.8 Å². The summed E-state index contributed by atoms with van der Waals surface area (Å²) in [4.78, 5) is 16.5. The van der Waals surface area contributed by atoms with Crippen molar-refractivity contribution in [3.05, 3.63) is 30.1 Å². The third kappa shape index (κ3) is 2.62. The Morgan fingerprint density at radius 1 is 1.42 bits per heavy atom. The number of carbonyl (C=O) groups is 1. The topological polar surface area (TPSA) is 44.1 Å². The van der Waals surface area contributed by atoms with E-state index in [0.29, 0.717) is 0 Å². The Morgan fingerprint density at radius 2 is 2.16 bits per heavy atom. The second-order valence-electron chi connectivity index (χ2n) is 4.69. The number of fused-ring (bicyclic) bond motifs is 1. The molecule has 4 nitrogen and oxygen atoms in total. The predicted octanol–water partition coefficient (Wildman–Crippen LogP) is 3.11. The largest absolute Gasteiger partial charge is 0.467 e. The van der Waals surface area contributed by atoms with Crippen LogP contribution in [0.3, 0.4) is 0 Å². The number of benzene rings is 1. The van der Waals surface area contributed by atoms with Crippen molar-refractivity contribution in [2.24, 2.45) is 0 Å². The molecule has 0 aliphatic heterocycles. The number of esters is 1. The molecule has 0 fully saturated rings. The molecule has 2 rings (SSSR count). The van der Waals surface area contributed by atoms with Crippen molar-refractivity contribution in [1.82, 2.24) is 9.55 Å². The Bertz CT molecular complexity index is 575. The maximum Gasteiger partial charge on any atom is 0.328 e. The van der Waals surface area contributed by atoms with E-state index in [1.165, 1.54) is 7.11 Å². The maximum atomic E-state index is 11.8. The molecule has 19 heavy (non-hydrogen) atoms. The Kier molecular flexibility index (Phi) is 4.20. The molecule has 0 aliphatic rings. The van der Waals surface area contributed by atoms with Gasteiger partial charge in [-0.25, -0.2) is 9.78 Å². The first kappa shape index (κ1) is 13.6. The third-order valence-electron chi connectivity index (χ3n) is 3.35. The molecule has 0 aliphatic carbocycles. The molecule has 1 aromatic heterocycles. The van der Waals surface area contributed by atoms with Crippen LogP contribution >= 0.6 is 0 Å². The summed E-state index contributed by atoms with van der Waals surface area (Å²) in [5.74, 6) is 0.724. The van der Waals surface area contributed by atoms with Gasteiger partial charge in [-0.2, -0.15) is 0 Å². The zero-order valence-electron chi connectivity index (χ0n) is 11.7. The second-order valence-corrected chi connectivity index (χ2v) is 4.69. The molecule has 0 N–H and O–H groups in total. The lowest BCUT2D eigenvalue weighted by atomic mass is 10.2. The van der Waals surface area contributed by atoms with E-state index in [2.05, 4.69) is 11.9 Å². The number of hydrogen-bond acceptors (Lipinski definition) is 3. The van der Waals surface area contributed by atoms with Gasteiger partial charge in [0.2, 0.25) is 0 Å². The summed E-state index contributed by atoms with van der Waals surface area (Å²) in [5.41, 5.74) is 1.93. The van der Waals surface area contributed by atoms with Crippen LogP contribution in [0.5, 0.6) is 0 Å². The highest BCUT2D eigenvalue weighted by Crippen LogP contribution is 2.23. The minimum absolute atomic E-state index is 0.235. The van der Waals surface area contributed by atoms with E-state index < -0.39 is 0 Å². The van der Waals surface area contributed by atoms with Gasteiger partial charge in [0.25, 0.3) is 0 Å². The Hall–Kier alpha value is -1.84. The summed E-state index contributed by atoms with van der Waals surface area (Å²) >= 11 is 0. The number of aromatic nitrogens is 2. The molecule has 1 aromatic carbocycles. The van der Waals surface area contributed by atoms with E-state index in [0.717, 1.165) is 36.1 Å². The fraction of sp³-hybridized carbons (Fsp3) is 0.467. The summed E-state index contributed by atoms with van der Waals surface area (Å²) in [6, 6.07) is 7.56. The highest BCUT2D eigenvalue weighted by atomic mass is 16.5. The van der Waals surface area contributed by atoms with Crippen LogP contribution in [-0.4, -0.2) is 22.6 Å². The van der Waals surface area contributed by atoms with Gasteiger partial charge in [0.05, 0.1) is 18.1 Å². The number of imidazole rings is 1. The Morgan fingerprint density at radius 3 is 2.84 bits per heavy atom. The fourth-order valence-electron chi connectivity index (χ4n) is 2.31. The van der Waals surface area contributed by atoms with Crippen molar-refractivity contribution in [2.75, 3.05) is 7.11 Å². The highest BCUT2D eigenvalue weighted by Gasteiger charge is 2.21. The molecule has 0 bridgehead atoms. The van der Waals surface area contributed by atoms with Crippen molar-refractivity contribution >= 4 is 17.0 Å². The van der Waals surface area contributed by atoms with Crippen molar-refractivity contribution in [1.29, 1.82) is 0 Å². The average molecular weight is 260 g/mol. The molecule has 1 heterocycles. The lowest BCUT2D eigenvalue weighted by molar-refractivity contribution is -0.143. The molecular formula is C15H20N2O2. The quantitative estimate of drug-likeness (QED) is 0.776. The lowest BCUT2D eigenvalue weighted by Gasteiger charge is -2.15. The van der Waals surface area contributed by atoms with Gasteiger partial charge in [0.15, 0.2) is 0 Å². The lowest BCUT2D eigenvalue weighted by Crippen LogP contribution is -2.19. The normalized spacial score (nSPS) is 12.6. The summed E-state index contributed by atoms with van der Waals surface area (Å²) < 4.78 is 6.85. The van der Waals surface area contributed by atoms with Crippen molar-refractivity contribution in [3.8, 4) is 0 Å². The summed E-state index contributed by atoms with van der Waals surface area (Å²) in [6.45, 7) is 4.01. The first-order chi connectivity index (χ1) is 9.19. The van der Waals surface area contributed by atoms with Crippen LogP contribution < -0.4 is 0 Å². The number of rotatable bonds is 5. The smallest absolute Gasteiger partial charge is 0.328 e. The monoisotopic (exact) mass is 260 g/mol. The zero-order chi connectivity index (χ0) is 13.8. The van der Waals surface area contributed by atoms with Gasteiger partial charge in [-0.3, -0.25) is 0 Å². The SMILES string of the molecule is CCCCc1nc2ccccc2n1C(C)C(=O)OC. The van der Waals surface area contributed by atoms with Crippen molar-refractivity contribution < 1.29 is 9.53 Å². The van der Waals surface area contributed by atoms with Gasteiger partial charge in [0, 0.05) is 6.42 Å². The predicted molar refractivity (Wildman–Crippen MR) is 75.1 cm³/mol. The van der Waals surface area contributed by atoms with Crippen LogP contribution in [0.1, 0.15) is 38.6 Å². The molecule has 0 radical (unpaired) electrons. The number of unbranched alkanes of at least 4 members (excludes halogenated alkanes) is 1. The van der Waals surface area contributed by atoms with Gasteiger partial charge in [-0.05, 0) is 25.5 Å². The van der Waals surface area contributed by atoms with Crippen LogP contribution in [0.15, 0.2) is 24.3 Å². The zero-order valence-corrected chi connectivity index (χ0v) is 11.7. The van der Waals surface area contributed by atoms with Gasteiger partial charge in [0.1, 0.15) is 11.9 Å². The van der Waals surface area contributed by atoms with Crippen molar-refractivity contribution in [3.63, 3.8) is 0 Å². The summed E-state index contributed by atoms with van der Waals surface area (Å²) in [6.07, 6.45) is 3.06. The molecule has 2 aromatic rings. The van der Waals surface area contributed by atoms with Crippen LogP contribution in [0.2, 0.25) is 0 Å². The summed E-state index contributed by atoms with van der Waals surface area (Å²) in [7, 11) is 1.42. The fourth-order valence-corrected chi connectivity index (χ4v) is 2.31. The first-order valence-corrected chi connectivity index (χ1v) is 6.72. The van der Waals surface area contributed by atoms with E-state index in [-0.39, 0.29) is 12.0 Å². The average Bonchev–Trinajstić information content (AvgIpc) is 2.81. The molecule has 0 spiro atoms. The van der Waals surface area contributed by atoms with Gasteiger partial charge in [-0.1, -0.05) is 25.5 Å². The summed E-state index contributed by atoms with van der Waals surface area (Å²) in [5, 5.41) is 0. The molecule has 0 saturated heterocycles. The number of methoxy groups -OCH3 is 1. The van der Waals surface area contributed by atoms with Gasteiger partial charge in [-0.15, -0.1) is 0 Å². The van der Waals surface area contributed by atoms with Crippen LogP contribution in [0, 0.1) is 0 Å². The van der Waals surface area contributed by atoms with E-state index in [9.17, 15) is 4.79 Å². The van der Waals surface area contributed by atoms with Crippen molar-refractivity contribution in [2.45, 2.75) is 39.2 Å². The van der Waals surface area contributed by atoms with Crippen LogP contribution in [0.4, 0.5) is 0 Å². The molecule has 102 valence electrons. The molecule has 4 heteroatoms. The molecule has 0 amide bonds. The Balaban J connectivity index is 2.50. The number of carbonyl (C=O) groups excluding carboxylic acids is 1. The number of para-hydroxylation sites is 2. The van der Waals surface area contributed by atoms with E-state index >= 15 is 0 Å². The van der Waals surface area contributed by atoms with Gasteiger partial charge < -0.3 is 9.30 Å². The first-order valence-electron chi connectivity index (χ1n) is 6.72. The van der Waals surface area contributed by atoms with Crippen LogP contribution in [0.25, 0.3) is 11.0 Å². The number of hydrogen-bond donors (Lipinski definition) is 0. The number of aryl methyl sites for hydroxylation is 1. The Labute approximate surface area is 113 Å². The maximum absolute atomic E-state index is 11.8. The minimum Gasteiger partial charge on any atom is -0.467 e. The molecule has 1 atom stereocenters. The molecule has 0 saturated carbocycles. The number of nitrogens with zero attached hydrogens (tertiary/aromatic N) is 2. The highest BCUT2D eigenvalue weighted by molar-refractivity contribution is 5.81. The third-order valence-corrected chi connectivity index (χ3v) is 3.35. The second kappa shape index (κ2) is 5.87. The standard InChI is InChI=1S/C15H20N2O2/c1-4-5-10-14-16-12-8-6-7-9-13(12)17(14)11(2)15(18)19-3/h6-9,11H,4-5,10H2,1-3H3. The van der Waals surface area contributed by atoms with Gasteiger partial charge >= 0.3 is 5.97 Å². The minimum atomic E-state index is -0.343. The molecular weight excluding hydrogens is 240 g/mol. The van der Waals surface area contributed by atoms with E-state index in [4.69, 9.17) is 4.74 Å². The van der Waals surface area contributed by atoms with E-state index in [1.54, 1.807) is 0 Å². The molecule has 1 unspecified atom stereocenters. The van der Waals surface area contributed by atoms with Crippen LogP contribution in [-0.2, 0) is 16.0 Å².